The Morgan fingerprint density at radius 3 is 2.79 bits per heavy atom. The number of nitrogens with zero attached hydrogens (tertiary/aromatic N) is 1. The monoisotopic (exact) mass is 346 g/mol. The molecule has 2 N–H and O–H groups in total. The Bertz CT molecular complexity index is 433. The molecular formula is C14H20BrClN2O. The average molecular weight is 348 g/mol. The third kappa shape index (κ3) is 4.07. The van der Waals surface area contributed by atoms with Crippen molar-refractivity contribution in [1.29, 1.82) is 0 Å². The Hall–Kier alpha value is -0.320. The predicted molar refractivity (Wildman–Crippen MR) is 82.6 cm³/mol. The lowest BCUT2D eigenvalue weighted by Gasteiger charge is -2.36. The lowest BCUT2D eigenvalue weighted by atomic mass is 9.78. The van der Waals surface area contributed by atoms with Crippen LogP contribution in [0.2, 0.25) is 5.02 Å². The fourth-order valence-electron chi connectivity index (χ4n) is 2.59. The number of halogens is 2. The van der Waals surface area contributed by atoms with Gasteiger partial charge in [-0.3, -0.25) is 0 Å². The highest BCUT2D eigenvalue weighted by atomic mass is 79.9. The Balaban J connectivity index is 1.91. The minimum atomic E-state index is -0.621. The van der Waals surface area contributed by atoms with E-state index in [-0.39, 0.29) is 0 Å². The molecule has 1 saturated carbocycles. The number of aliphatic hydroxyl groups is 1. The van der Waals surface area contributed by atoms with E-state index in [1.807, 2.05) is 0 Å². The Morgan fingerprint density at radius 2 is 2.21 bits per heavy atom. The van der Waals surface area contributed by atoms with Gasteiger partial charge in [0.25, 0.3) is 0 Å². The molecule has 0 radical (unpaired) electrons. The fraction of sp³-hybridized carbons (Fsp3) is 0.643. The zero-order valence-corrected chi connectivity index (χ0v) is 13.5. The Morgan fingerprint density at radius 1 is 1.53 bits per heavy atom. The summed E-state index contributed by atoms with van der Waals surface area (Å²) in [5.74, 6) is 1.41. The summed E-state index contributed by atoms with van der Waals surface area (Å²) in [6, 6.07) is 1.80. The van der Waals surface area contributed by atoms with Gasteiger partial charge < -0.3 is 10.4 Å². The van der Waals surface area contributed by atoms with Gasteiger partial charge in [-0.2, -0.15) is 0 Å². The van der Waals surface area contributed by atoms with Crippen molar-refractivity contribution in [2.75, 3.05) is 11.9 Å². The Labute approximate surface area is 127 Å². The molecule has 1 fully saturated rings. The molecule has 3 nitrogen and oxygen atoms in total. The van der Waals surface area contributed by atoms with Crippen molar-refractivity contribution in [3.05, 3.63) is 21.8 Å². The van der Waals surface area contributed by atoms with Crippen molar-refractivity contribution in [3.8, 4) is 0 Å². The van der Waals surface area contributed by atoms with E-state index in [0.29, 0.717) is 17.4 Å². The van der Waals surface area contributed by atoms with Crippen LogP contribution in [0.1, 0.15) is 39.0 Å². The van der Waals surface area contributed by atoms with Gasteiger partial charge in [0.2, 0.25) is 0 Å². The first-order chi connectivity index (χ1) is 9.02. The molecule has 0 amide bonds. The van der Waals surface area contributed by atoms with Crippen molar-refractivity contribution < 1.29 is 5.11 Å². The van der Waals surface area contributed by atoms with E-state index in [1.165, 1.54) is 6.42 Å². The zero-order valence-electron chi connectivity index (χ0n) is 11.1. The van der Waals surface area contributed by atoms with E-state index in [9.17, 15) is 5.11 Å². The molecule has 106 valence electrons. The molecule has 1 aromatic heterocycles. The molecule has 19 heavy (non-hydrogen) atoms. The van der Waals surface area contributed by atoms with E-state index < -0.39 is 5.60 Å². The van der Waals surface area contributed by atoms with Crippen LogP contribution in [-0.4, -0.2) is 22.2 Å². The molecular weight excluding hydrogens is 328 g/mol. The number of nitrogens with one attached hydrogen (secondary N) is 1. The molecule has 1 aliphatic carbocycles. The molecule has 0 bridgehead atoms. The highest BCUT2D eigenvalue weighted by Gasteiger charge is 2.32. The van der Waals surface area contributed by atoms with Crippen LogP contribution in [0, 0.1) is 5.92 Å². The van der Waals surface area contributed by atoms with Crippen molar-refractivity contribution in [1.82, 2.24) is 4.98 Å². The van der Waals surface area contributed by atoms with Crippen molar-refractivity contribution >= 4 is 33.3 Å². The van der Waals surface area contributed by atoms with Crippen LogP contribution in [0.3, 0.4) is 0 Å². The van der Waals surface area contributed by atoms with Gasteiger partial charge in [0.15, 0.2) is 0 Å². The van der Waals surface area contributed by atoms with Crippen LogP contribution < -0.4 is 5.32 Å². The van der Waals surface area contributed by atoms with Gasteiger partial charge in [-0.05, 0) is 53.6 Å². The standard InChI is InChI=1S/C14H20BrClN2O/c1-2-10-3-5-14(19,6-4-10)9-18-13-12(16)7-11(15)8-17-13/h7-8,10,19H,2-6,9H2,1H3,(H,17,18). The predicted octanol–water partition coefficient (Wildman–Crippen LogP) is 4.24. The van der Waals surface area contributed by atoms with Gasteiger partial charge in [-0.1, -0.05) is 24.9 Å². The molecule has 1 aliphatic rings. The lowest BCUT2D eigenvalue weighted by Crippen LogP contribution is -2.40. The molecule has 0 aliphatic heterocycles. The number of hydrogen-bond acceptors (Lipinski definition) is 3. The maximum atomic E-state index is 10.5. The largest absolute Gasteiger partial charge is 0.388 e. The second-order valence-corrected chi connectivity index (χ2v) is 6.74. The van der Waals surface area contributed by atoms with Crippen LogP contribution in [0.5, 0.6) is 0 Å². The molecule has 0 atom stereocenters. The number of rotatable bonds is 4. The second kappa shape index (κ2) is 6.42. The van der Waals surface area contributed by atoms with Gasteiger partial charge in [0.1, 0.15) is 5.82 Å². The normalized spacial score (nSPS) is 27.3. The van der Waals surface area contributed by atoms with Gasteiger partial charge >= 0.3 is 0 Å². The number of anilines is 1. The minimum Gasteiger partial charge on any atom is -0.388 e. The van der Waals surface area contributed by atoms with Gasteiger partial charge in [-0.15, -0.1) is 0 Å². The summed E-state index contributed by atoms with van der Waals surface area (Å²) in [5, 5.41) is 14.3. The van der Waals surface area contributed by atoms with Crippen molar-refractivity contribution in [2.45, 2.75) is 44.6 Å². The first kappa shape index (κ1) is 15.1. The molecule has 0 aromatic carbocycles. The summed E-state index contributed by atoms with van der Waals surface area (Å²) in [6.45, 7) is 2.73. The molecule has 0 unspecified atom stereocenters. The van der Waals surface area contributed by atoms with E-state index >= 15 is 0 Å². The third-order valence-electron chi connectivity index (χ3n) is 4.01. The number of hydrogen-bond donors (Lipinski definition) is 2. The second-order valence-electron chi connectivity index (χ2n) is 5.41. The summed E-state index contributed by atoms with van der Waals surface area (Å²) < 4.78 is 0.852. The van der Waals surface area contributed by atoms with Crippen LogP contribution in [0.25, 0.3) is 0 Å². The molecule has 0 saturated heterocycles. The Kier molecular flexibility index (Phi) is 5.09. The third-order valence-corrected chi connectivity index (χ3v) is 4.73. The smallest absolute Gasteiger partial charge is 0.144 e. The van der Waals surface area contributed by atoms with Crippen LogP contribution in [0.4, 0.5) is 5.82 Å². The maximum absolute atomic E-state index is 10.5. The van der Waals surface area contributed by atoms with Gasteiger partial charge in [-0.25, -0.2) is 4.98 Å². The summed E-state index contributed by atoms with van der Waals surface area (Å²) in [4.78, 5) is 4.22. The minimum absolute atomic E-state index is 0.512. The maximum Gasteiger partial charge on any atom is 0.144 e. The summed E-state index contributed by atoms with van der Waals surface area (Å²) in [5.41, 5.74) is -0.621. The highest BCUT2D eigenvalue weighted by Crippen LogP contribution is 2.34. The van der Waals surface area contributed by atoms with Crippen LogP contribution in [-0.2, 0) is 0 Å². The SMILES string of the molecule is CCC1CCC(O)(CNc2ncc(Br)cc2Cl)CC1. The molecule has 1 heterocycles. The van der Waals surface area contributed by atoms with Crippen LogP contribution >= 0.6 is 27.5 Å². The quantitative estimate of drug-likeness (QED) is 0.856. The lowest BCUT2D eigenvalue weighted by molar-refractivity contribution is 0.00223. The number of pyridine rings is 1. The van der Waals surface area contributed by atoms with E-state index in [2.05, 4.69) is 33.2 Å². The van der Waals surface area contributed by atoms with E-state index in [1.54, 1.807) is 12.3 Å². The summed E-state index contributed by atoms with van der Waals surface area (Å²) >= 11 is 9.43. The molecule has 2 rings (SSSR count). The van der Waals surface area contributed by atoms with Gasteiger partial charge in [0, 0.05) is 17.2 Å². The topological polar surface area (TPSA) is 45.1 Å². The first-order valence-electron chi connectivity index (χ1n) is 6.80. The molecule has 0 spiro atoms. The fourth-order valence-corrected chi connectivity index (χ4v) is 3.29. The highest BCUT2D eigenvalue weighted by molar-refractivity contribution is 9.10. The van der Waals surface area contributed by atoms with Crippen molar-refractivity contribution in [3.63, 3.8) is 0 Å². The van der Waals surface area contributed by atoms with Crippen LogP contribution in [0.15, 0.2) is 16.7 Å². The molecule has 1 aromatic rings. The summed E-state index contributed by atoms with van der Waals surface area (Å²) in [7, 11) is 0. The van der Waals surface area contributed by atoms with E-state index in [0.717, 1.165) is 36.1 Å². The van der Waals surface area contributed by atoms with Crippen molar-refractivity contribution in [2.24, 2.45) is 5.92 Å². The zero-order chi connectivity index (χ0) is 13.9. The summed E-state index contributed by atoms with van der Waals surface area (Å²) in [6.07, 6.45) is 6.83. The molecule has 5 heteroatoms. The van der Waals surface area contributed by atoms with E-state index in [4.69, 9.17) is 11.6 Å². The number of aromatic nitrogens is 1. The first-order valence-corrected chi connectivity index (χ1v) is 7.97. The average Bonchev–Trinajstić information content (AvgIpc) is 2.39. The van der Waals surface area contributed by atoms with Gasteiger partial charge in [0.05, 0.1) is 10.6 Å².